The van der Waals surface area contributed by atoms with E-state index in [-0.39, 0.29) is 42.1 Å². The Hall–Kier alpha value is -4.46. The maximum atomic E-state index is 6.57. The first-order valence-electron chi connectivity index (χ1n) is 14.5. The zero-order valence-electron chi connectivity index (χ0n) is 26.3. The number of nitrogens with zero attached hydrogens (tertiary/aromatic N) is 4. The third kappa shape index (κ3) is 10.3. The molecule has 3 heterocycles. The number of aromatic nitrogens is 2. The Labute approximate surface area is 321 Å². The molecule has 0 amide bonds. The van der Waals surface area contributed by atoms with Crippen molar-refractivity contribution < 1.29 is 51.6 Å². The zero-order valence-corrected chi connectivity index (χ0v) is 31.6. The zero-order chi connectivity index (χ0) is 32.4. The minimum Gasteiger partial charge on any atom is -0.669 e. The van der Waals surface area contributed by atoms with Crippen molar-refractivity contribution in [2.75, 3.05) is 18.2 Å². The van der Waals surface area contributed by atoms with Crippen LogP contribution in [-0.2, 0) is 42.1 Å². The van der Waals surface area contributed by atoms with Crippen molar-refractivity contribution in [1.29, 1.82) is 0 Å². The summed E-state index contributed by atoms with van der Waals surface area (Å²) in [4.78, 5) is 9.59. The van der Waals surface area contributed by atoms with Crippen LogP contribution < -0.4 is 14.4 Å². The van der Waals surface area contributed by atoms with Crippen molar-refractivity contribution in [2.45, 2.75) is 4.90 Å². The molecule has 0 spiro atoms. The predicted octanol–water partition coefficient (Wildman–Crippen LogP) is 8.94. The van der Waals surface area contributed by atoms with E-state index in [0.717, 1.165) is 33.0 Å². The van der Waals surface area contributed by atoms with Crippen molar-refractivity contribution >= 4 is 17.4 Å². The normalized spacial score (nSPS) is 11.4. The largest absolute Gasteiger partial charge is 4.00 e. The molecule has 49 heavy (non-hydrogen) atoms. The molecular formula is C40H27N4O2Pt2S-3. The average Bonchev–Trinajstić information content (AvgIpc) is 3.81. The molecule has 0 aliphatic carbocycles. The van der Waals surface area contributed by atoms with Gasteiger partial charge in [0.2, 0.25) is 0 Å². The number of para-hydroxylation sites is 1. The minimum absolute atomic E-state index is 0. The quantitative estimate of drug-likeness (QED) is 0.0863. The molecule has 0 fully saturated rings. The standard InChI is InChI=1S/C34H23N3O2S.C6H4N.2Pt/c1-36-16-17-37(24-36)28-9-7-13-31(22-28)39-32-19-27(20-33(23-32)40-2)34-21-26(14-15-35-34)25-8-6-12-30(18-25)38-29-10-4-3-5-11-29;1-2-7-5-3-4-6-7;;/h3-10,12-13,15-17,20-21,23-24H,1-2H3;3-6H;;/q-6;-1;;+4. The molecule has 0 N–H and O–H groups in total. The van der Waals surface area contributed by atoms with Crippen LogP contribution in [0.15, 0.2) is 127 Å². The summed E-state index contributed by atoms with van der Waals surface area (Å²) in [6, 6.07) is 47.3. The number of benzene rings is 4. The van der Waals surface area contributed by atoms with E-state index in [0.29, 0.717) is 23.0 Å². The van der Waals surface area contributed by atoms with Crippen LogP contribution in [0.1, 0.15) is 0 Å². The first kappa shape index (κ1) is 37.4. The Bertz CT molecular complexity index is 2010. The molecular weight excluding hydrogens is 991 g/mol. The van der Waals surface area contributed by atoms with Crippen molar-refractivity contribution in [1.82, 2.24) is 14.5 Å². The molecule has 6 nitrogen and oxygen atoms in total. The van der Waals surface area contributed by atoms with Gasteiger partial charge in [-0.1, -0.05) is 28.9 Å². The van der Waals surface area contributed by atoms with E-state index in [9.17, 15) is 0 Å². The second kappa shape index (κ2) is 18.3. The number of pyridine rings is 1. The van der Waals surface area contributed by atoms with Gasteiger partial charge in [0.1, 0.15) is 0 Å². The topological polar surface area (TPSA) is 42.8 Å². The van der Waals surface area contributed by atoms with E-state index in [1.54, 1.807) is 34.9 Å². The van der Waals surface area contributed by atoms with Crippen LogP contribution in [0.2, 0.25) is 0 Å². The van der Waals surface area contributed by atoms with Crippen molar-refractivity contribution in [3.8, 4) is 51.4 Å². The van der Waals surface area contributed by atoms with E-state index < -0.39 is 0 Å². The fourth-order valence-corrected chi connectivity index (χ4v) is 4.97. The molecule has 1 aliphatic heterocycles. The van der Waals surface area contributed by atoms with E-state index in [2.05, 4.69) is 47.4 Å². The fraction of sp³-hybridized carbons (Fsp3) is 0.0500. The van der Waals surface area contributed by atoms with Crippen LogP contribution in [0.4, 0.5) is 5.69 Å². The van der Waals surface area contributed by atoms with E-state index in [1.165, 1.54) is 0 Å². The van der Waals surface area contributed by atoms with E-state index in [1.807, 2.05) is 127 Å². The van der Waals surface area contributed by atoms with E-state index >= 15 is 0 Å². The molecule has 7 rings (SSSR count). The van der Waals surface area contributed by atoms with Gasteiger partial charge in [-0.25, -0.2) is 24.2 Å². The van der Waals surface area contributed by atoms with Gasteiger partial charge in [-0.05, 0) is 37.8 Å². The summed E-state index contributed by atoms with van der Waals surface area (Å²) in [5.74, 6) is 2.43. The molecule has 0 unspecified atom stereocenters. The minimum atomic E-state index is 0. The second-order valence-corrected chi connectivity index (χ2v) is 11.0. The number of anilines is 1. The van der Waals surface area contributed by atoms with Gasteiger partial charge >= 0.3 is 21.1 Å². The Morgan fingerprint density at radius 2 is 1.51 bits per heavy atom. The maximum Gasteiger partial charge on any atom is 4.00 e. The van der Waals surface area contributed by atoms with Crippen molar-refractivity contribution in [2.24, 2.45) is 0 Å². The van der Waals surface area contributed by atoms with E-state index in [4.69, 9.17) is 15.9 Å². The Morgan fingerprint density at radius 3 is 2.20 bits per heavy atom. The second-order valence-electron chi connectivity index (χ2n) is 10.1. The maximum absolute atomic E-state index is 6.57. The molecule has 2 aromatic heterocycles. The number of hydrogen-bond donors (Lipinski definition) is 0. The van der Waals surface area contributed by atoms with Crippen LogP contribution in [0.3, 0.4) is 0 Å². The summed E-state index contributed by atoms with van der Waals surface area (Å²) < 4.78 is 13.7. The third-order valence-corrected chi connectivity index (χ3v) is 7.45. The van der Waals surface area contributed by atoms with Crippen LogP contribution in [0, 0.1) is 49.5 Å². The summed E-state index contributed by atoms with van der Waals surface area (Å²) in [6.07, 6.45) is 17.7. The van der Waals surface area contributed by atoms with Crippen LogP contribution in [-0.4, -0.2) is 27.8 Å². The summed E-state index contributed by atoms with van der Waals surface area (Å²) >= 11 is 1.63. The fourth-order valence-electron chi connectivity index (χ4n) is 4.51. The summed E-state index contributed by atoms with van der Waals surface area (Å²) in [7, 11) is 1.98. The smallest absolute Gasteiger partial charge is 0.669 e. The Morgan fingerprint density at radius 1 is 0.776 bits per heavy atom. The van der Waals surface area contributed by atoms with Crippen LogP contribution in [0.25, 0.3) is 22.4 Å². The van der Waals surface area contributed by atoms with Gasteiger partial charge in [0, 0.05) is 56.5 Å². The molecule has 1 aliphatic rings. The van der Waals surface area contributed by atoms with Gasteiger partial charge in [-0.3, -0.25) is 11.1 Å². The number of rotatable bonds is 8. The summed E-state index contributed by atoms with van der Waals surface area (Å²) in [5, 5.41) is 0. The Kier molecular flexibility index (Phi) is 14.0. The van der Waals surface area contributed by atoms with Gasteiger partial charge in [0.15, 0.2) is 0 Å². The molecule has 0 saturated heterocycles. The van der Waals surface area contributed by atoms with Gasteiger partial charge in [0.25, 0.3) is 0 Å². The van der Waals surface area contributed by atoms with Gasteiger partial charge < -0.3 is 35.2 Å². The molecule has 0 saturated carbocycles. The molecule has 0 atom stereocenters. The Balaban J connectivity index is 0.000000537. The molecule has 0 bridgehead atoms. The average molecular weight is 1020 g/mol. The number of thioether (sulfide) groups is 1. The molecule has 4 aromatic carbocycles. The SMILES string of the molecule is CSc1cc(Oc2[c-]c(N3C=CN(C)[CH-]3)ccc2)[c-]c(-c2cc(-c3[c-]c(Oc4[c-]cccc4)ccc3)[c-]cn2)c1.[C-]#Cn1cccc1.[Pt+4].[Pt]. The van der Waals surface area contributed by atoms with Crippen LogP contribution in [0.5, 0.6) is 23.0 Å². The van der Waals surface area contributed by atoms with Gasteiger partial charge in [-0.15, -0.1) is 65.5 Å². The summed E-state index contributed by atoms with van der Waals surface area (Å²) in [6.45, 7) is 1.98. The molecule has 9 heteroatoms. The van der Waals surface area contributed by atoms with Crippen LogP contribution >= 0.6 is 11.8 Å². The molecule has 6 aromatic rings. The monoisotopic (exact) mass is 1020 g/mol. The van der Waals surface area contributed by atoms with Crippen molar-refractivity contribution in [3.63, 3.8) is 0 Å². The predicted molar refractivity (Wildman–Crippen MR) is 185 cm³/mol. The number of hydrogen-bond acceptors (Lipinski definition) is 6. The summed E-state index contributed by atoms with van der Waals surface area (Å²) in [5.41, 5.74) is 4.15. The van der Waals surface area contributed by atoms with Gasteiger partial charge in [-0.2, -0.15) is 43.1 Å². The third-order valence-electron chi connectivity index (χ3n) is 6.75. The first-order chi connectivity index (χ1) is 23.1. The molecule has 0 radical (unpaired) electrons. The molecule has 248 valence electrons. The first-order valence-corrected chi connectivity index (χ1v) is 15.7. The number of ether oxygens (including phenoxy) is 2. The van der Waals surface area contributed by atoms with Crippen molar-refractivity contribution in [3.05, 3.63) is 165 Å². The van der Waals surface area contributed by atoms with Gasteiger partial charge in [0.05, 0.1) is 0 Å².